The highest BCUT2D eigenvalue weighted by Crippen LogP contribution is 2.33. The number of carbonyl (C=O) groups is 2. The van der Waals surface area contributed by atoms with Crippen LogP contribution in [0.2, 0.25) is 0 Å². The largest absolute Gasteiger partial charge is 0.490 e. The number of pyridine rings is 1. The quantitative estimate of drug-likeness (QED) is 0.237. The average Bonchev–Trinajstić information content (AvgIpc) is 3.27. The Balaban J connectivity index is 1.35. The molecule has 1 aliphatic heterocycles. The van der Waals surface area contributed by atoms with Crippen molar-refractivity contribution >= 4 is 39.4 Å². The number of aryl methyl sites for hydroxylation is 1. The van der Waals surface area contributed by atoms with Crippen molar-refractivity contribution in [3.63, 3.8) is 0 Å². The van der Waals surface area contributed by atoms with Crippen LogP contribution in [0.3, 0.4) is 0 Å². The van der Waals surface area contributed by atoms with Crippen molar-refractivity contribution < 1.29 is 27.8 Å². The number of amides is 2. The monoisotopic (exact) mass is 548 g/mol. The lowest BCUT2D eigenvalue weighted by molar-refractivity contribution is -0.115. The number of allylic oxidation sites excluding steroid dienone is 1. The summed E-state index contributed by atoms with van der Waals surface area (Å²) in [6.07, 6.45) is 0. The second kappa shape index (κ2) is 10.7. The summed E-state index contributed by atoms with van der Waals surface area (Å²) in [5.41, 5.74) is 2.46. The molecule has 2 amide bonds. The van der Waals surface area contributed by atoms with Gasteiger partial charge in [-0.3, -0.25) is 19.7 Å². The van der Waals surface area contributed by atoms with Crippen LogP contribution in [0.25, 0.3) is 27.7 Å². The van der Waals surface area contributed by atoms with E-state index in [-0.39, 0.29) is 24.3 Å². The normalized spacial score (nSPS) is 14.5. The fourth-order valence-electron chi connectivity index (χ4n) is 4.35. The molecule has 0 bridgehead atoms. The van der Waals surface area contributed by atoms with Crippen LogP contribution >= 0.6 is 11.8 Å². The maximum atomic E-state index is 14.0. The van der Waals surface area contributed by atoms with E-state index in [9.17, 15) is 23.2 Å². The molecule has 39 heavy (non-hydrogen) atoms. The minimum absolute atomic E-state index is 0.00490. The summed E-state index contributed by atoms with van der Waals surface area (Å²) in [7, 11) is 1.73. The van der Waals surface area contributed by atoms with Crippen LogP contribution in [-0.4, -0.2) is 28.9 Å². The Bertz CT molecular complexity index is 1700. The minimum atomic E-state index is -0.545. The second-order valence-corrected chi connectivity index (χ2v) is 9.74. The van der Waals surface area contributed by atoms with Crippen LogP contribution < -0.4 is 20.2 Å². The number of nitrogens with one attached hydrogen (secondary N) is 1. The summed E-state index contributed by atoms with van der Waals surface area (Å²) in [4.78, 5) is 37.1. The molecule has 0 radical (unpaired) electrons. The third-order valence-corrected chi connectivity index (χ3v) is 7.27. The van der Waals surface area contributed by atoms with Crippen LogP contribution in [0.15, 0.2) is 76.4 Å². The van der Waals surface area contributed by atoms with E-state index >= 15 is 0 Å². The zero-order valence-electron chi connectivity index (χ0n) is 20.9. The van der Waals surface area contributed by atoms with E-state index < -0.39 is 28.2 Å². The zero-order chi connectivity index (χ0) is 27.7. The number of nitrogens with zero attached hydrogens (tertiary/aromatic N) is 1. The summed E-state index contributed by atoms with van der Waals surface area (Å²) >= 11 is 0.865. The van der Waals surface area contributed by atoms with Crippen molar-refractivity contribution in [1.29, 1.82) is 0 Å². The van der Waals surface area contributed by atoms with Gasteiger partial charge in [-0.1, -0.05) is 12.1 Å². The Hall–Kier alpha value is -4.44. The van der Waals surface area contributed by atoms with Gasteiger partial charge in [0.15, 0.2) is 5.75 Å². The van der Waals surface area contributed by atoms with Gasteiger partial charge in [0, 0.05) is 12.6 Å². The molecule has 5 rings (SSSR count). The Morgan fingerprint density at radius 2 is 1.56 bits per heavy atom. The summed E-state index contributed by atoms with van der Waals surface area (Å²) in [6.45, 7) is 1.87. The first-order chi connectivity index (χ1) is 18.7. The van der Waals surface area contributed by atoms with Gasteiger partial charge in [0.1, 0.15) is 30.6 Å². The van der Waals surface area contributed by atoms with Crippen molar-refractivity contribution in [2.45, 2.75) is 6.92 Å². The lowest BCUT2D eigenvalue weighted by Gasteiger charge is -2.18. The molecular weight excluding hydrogens is 526 g/mol. The van der Waals surface area contributed by atoms with E-state index in [1.165, 1.54) is 24.3 Å². The van der Waals surface area contributed by atoms with Gasteiger partial charge in [-0.05, 0) is 84.4 Å². The molecule has 1 N–H and O–H groups in total. The molecule has 0 spiro atoms. The number of carbonyl (C=O) groups excluding carboxylic acids is 2. The Kier molecular flexibility index (Phi) is 7.21. The van der Waals surface area contributed by atoms with Gasteiger partial charge < -0.3 is 14.0 Å². The molecule has 198 valence electrons. The van der Waals surface area contributed by atoms with Gasteiger partial charge in [-0.2, -0.15) is 0 Å². The lowest BCUT2D eigenvalue weighted by atomic mass is 10.1. The third kappa shape index (κ3) is 5.28. The van der Waals surface area contributed by atoms with Gasteiger partial charge in [0.2, 0.25) is 5.43 Å². The topological polar surface area (TPSA) is 86.6 Å². The zero-order valence-corrected chi connectivity index (χ0v) is 21.7. The number of halogens is 2. The molecule has 10 heteroatoms. The lowest BCUT2D eigenvalue weighted by Crippen LogP contribution is -2.18. The molecule has 1 saturated heterocycles. The highest BCUT2D eigenvalue weighted by molar-refractivity contribution is 8.18. The van der Waals surface area contributed by atoms with Crippen molar-refractivity contribution in [2.75, 3.05) is 13.2 Å². The molecule has 7 nitrogen and oxygen atoms in total. The first-order valence-electron chi connectivity index (χ1n) is 11.9. The number of rotatable bonds is 7. The van der Waals surface area contributed by atoms with Crippen LogP contribution in [-0.2, 0) is 11.8 Å². The molecule has 3 aromatic carbocycles. The predicted molar refractivity (Wildman–Crippen MR) is 146 cm³/mol. The molecule has 4 aromatic rings. The maximum absolute atomic E-state index is 14.0. The maximum Gasteiger partial charge on any atom is 0.290 e. The predicted octanol–water partition coefficient (Wildman–Crippen LogP) is 5.66. The third-order valence-electron chi connectivity index (χ3n) is 6.28. The van der Waals surface area contributed by atoms with E-state index in [0.717, 1.165) is 23.4 Å². The summed E-state index contributed by atoms with van der Waals surface area (Å²) in [6, 6.07) is 16.6. The number of benzene rings is 3. The molecule has 0 unspecified atom stereocenters. The number of hydrogen-bond acceptors (Lipinski definition) is 6. The Morgan fingerprint density at radius 3 is 2.23 bits per heavy atom. The molecular formula is C29H22F2N2O5S. The standard InChI is InChI=1S/C29H22F2N2O5S/c1-16(27-28(35)32-29(36)39-27)17-5-10-21(11-6-17)37-13-14-38-26-24(18-3-7-19(30)8-4-18)33(2)23-12-9-20(31)15-22(23)25(26)34/h3-12,15H,13-14H2,1-2H3,(H,32,35,36)/b27-16+. The van der Waals surface area contributed by atoms with Crippen LogP contribution in [0.4, 0.5) is 13.6 Å². The van der Waals surface area contributed by atoms with Crippen molar-refractivity contribution in [2.24, 2.45) is 7.05 Å². The number of imide groups is 1. The molecule has 2 heterocycles. The highest BCUT2D eigenvalue weighted by atomic mass is 32.2. The van der Waals surface area contributed by atoms with Gasteiger partial charge in [-0.15, -0.1) is 0 Å². The summed E-state index contributed by atoms with van der Waals surface area (Å²) in [5, 5.41) is 2.01. The first kappa shape index (κ1) is 26.2. The second-order valence-electron chi connectivity index (χ2n) is 8.75. The van der Waals surface area contributed by atoms with E-state index in [1.807, 2.05) is 0 Å². The fourth-order valence-corrected chi connectivity index (χ4v) is 5.09. The Labute approximate surface area is 226 Å². The van der Waals surface area contributed by atoms with E-state index in [0.29, 0.717) is 33.0 Å². The SMILES string of the molecule is C/C(=C1\SC(=O)NC1=O)c1ccc(OCCOc2c(-c3ccc(F)cc3)n(C)c3ccc(F)cc3c2=O)cc1. The first-order valence-corrected chi connectivity index (χ1v) is 12.7. The average molecular weight is 549 g/mol. The van der Waals surface area contributed by atoms with E-state index in [2.05, 4.69) is 5.32 Å². The number of hydrogen-bond donors (Lipinski definition) is 1. The van der Waals surface area contributed by atoms with Crippen molar-refractivity contribution in [3.05, 3.63) is 99.1 Å². The summed E-state index contributed by atoms with van der Waals surface area (Å²) < 4.78 is 40.9. The van der Waals surface area contributed by atoms with Crippen LogP contribution in [0.1, 0.15) is 12.5 Å². The van der Waals surface area contributed by atoms with E-state index in [4.69, 9.17) is 9.47 Å². The number of fused-ring (bicyclic) bond motifs is 1. The van der Waals surface area contributed by atoms with Gasteiger partial charge in [0.05, 0.1) is 21.5 Å². The summed E-state index contributed by atoms with van der Waals surface area (Å²) in [5.74, 6) is -0.838. The fraction of sp³-hybridized carbons (Fsp3) is 0.138. The molecule has 0 aliphatic carbocycles. The number of thioether (sulfide) groups is 1. The number of aromatic nitrogens is 1. The number of ether oxygens (including phenoxy) is 2. The Morgan fingerprint density at radius 1 is 0.897 bits per heavy atom. The smallest absolute Gasteiger partial charge is 0.290 e. The van der Waals surface area contributed by atoms with E-state index in [1.54, 1.807) is 54.9 Å². The van der Waals surface area contributed by atoms with Crippen molar-refractivity contribution in [3.8, 4) is 22.8 Å². The highest BCUT2D eigenvalue weighted by Gasteiger charge is 2.27. The van der Waals surface area contributed by atoms with Gasteiger partial charge in [-0.25, -0.2) is 8.78 Å². The van der Waals surface area contributed by atoms with Gasteiger partial charge in [0.25, 0.3) is 11.1 Å². The molecule has 1 fully saturated rings. The molecule has 0 atom stereocenters. The molecule has 1 aromatic heterocycles. The molecule has 0 saturated carbocycles. The van der Waals surface area contributed by atoms with Crippen LogP contribution in [0, 0.1) is 11.6 Å². The minimum Gasteiger partial charge on any atom is -0.490 e. The van der Waals surface area contributed by atoms with Gasteiger partial charge >= 0.3 is 0 Å². The molecule has 1 aliphatic rings. The van der Waals surface area contributed by atoms with Crippen molar-refractivity contribution in [1.82, 2.24) is 9.88 Å². The van der Waals surface area contributed by atoms with Crippen LogP contribution in [0.5, 0.6) is 11.5 Å².